The summed E-state index contributed by atoms with van der Waals surface area (Å²) in [4.78, 5) is 10.8. The third-order valence-corrected chi connectivity index (χ3v) is 3.62. The second-order valence-electron chi connectivity index (χ2n) is 5.69. The van der Waals surface area contributed by atoms with Crippen LogP contribution in [0, 0.1) is 15.6 Å². The van der Waals surface area contributed by atoms with E-state index < -0.39 is 18.0 Å². The first kappa shape index (κ1) is 27.6. The molecule has 0 bridgehead atoms. The van der Waals surface area contributed by atoms with Gasteiger partial charge in [-0.2, -0.15) is 0 Å². The summed E-state index contributed by atoms with van der Waals surface area (Å²) in [5.41, 5.74) is 2.14. The first-order valence-electron chi connectivity index (χ1n) is 9.05. The Bertz CT molecular complexity index is 840. The van der Waals surface area contributed by atoms with Gasteiger partial charge in [-0.1, -0.05) is 20.8 Å². The Morgan fingerprint density at radius 1 is 0.613 bits per heavy atom. The summed E-state index contributed by atoms with van der Waals surface area (Å²) in [7, 11) is 0. The van der Waals surface area contributed by atoms with Gasteiger partial charge < -0.3 is 30.9 Å². The molecular formula is C18H24FeN6O6. The van der Waals surface area contributed by atoms with Gasteiger partial charge in [0.2, 0.25) is 0 Å². The minimum atomic E-state index is -0.487. The summed E-state index contributed by atoms with van der Waals surface area (Å²) in [6.07, 6.45) is 5.86. The van der Waals surface area contributed by atoms with Crippen molar-refractivity contribution in [1.82, 2.24) is 15.0 Å². The van der Waals surface area contributed by atoms with E-state index in [0.29, 0.717) is 50.5 Å². The van der Waals surface area contributed by atoms with Gasteiger partial charge in [-0.15, -0.1) is 0 Å². The van der Waals surface area contributed by atoms with Crippen molar-refractivity contribution in [2.24, 2.45) is 0 Å². The minimum Gasteiger partial charge on any atom is -0.708 e. The van der Waals surface area contributed by atoms with Gasteiger partial charge in [-0.05, 0) is 15.0 Å². The van der Waals surface area contributed by atoms with Crippen molar-refractivity contribution in [1.29, 1.82) is 0 Å². The van der Waals surface area contributed by atoms with E-state index >= 15 is 0 Å². The van der Waals surface area contributed by atoms with Crippen molar-refractivity contribution in [3.63, 3.8) is 0 Å². The molecule has 170 valence electrons. The summed E-state index contributed by atoms with van der Waals surface area (Å²) < 4.78 is 0.956. The molecule has 31 heavy (non-hydrogen) atoms. The van der Waals surface area contributed by atoms with Gasteiger partial charge >= 0.3 is 18.0 Å². The first-order chi connectivity index (χ1) is 14.2. The number of aryl methyl sites for hydroxylation is 3. The number of aromatic hydroxyl groups is 3. The molecule has 0 atom stereocenters. The van der Waals surface area contributed by atoms with Gasteiger partial charge in [-0.25, -0.2) is 14.2 Å². The fraction of sp³-hybridized carbons (Fsp3) is 0.333. The van der Waals surface area contributed by atoms with E-state index in [9.17, 15) is 15.6 Å². The average Bonchev–Trinajstić information content (AvgIpc) is 2.75. The van der Waals surface area contributed by atoms with E-state index in [1.807, 2.05) is 20.8 Å². The minimum absolute atomic E-state index is 0. The number of rotatable bonds is 3. The fourth-order valence-electron chi connectivity index (χ4n) is 1.90. The van der Waals surface area contributed by atoms with E-state index in [-0.39, 0.29) is 17.1 Å². The average molecular weight is 476 g/mol. The summed E-state index contributed by atoms with van der Waals surface area (Å²) >= 11 is 0. The van der Waals surface area contributed by atoms with Gasteiger partial charge in [0.1, 0.15) is 18.6 Å². The standard InChI is InChI=1S/3C6H8N2O2.Fe/c3*1-2-5-3-4-8(10)6(9)7-5;/h3*3-4H,2H2,1H3,(H,7,9);. The molecule has 0 spiro atoms. The predicted molar refractivity (Wildman–Crippen MR) is 103 cm³/mol. The summed E-state index contributed by atoms with van der Waals surface area (Å²) in [6, 6.07) is 3.27. The molecule has 12 nitrogen and oxygen atoms in total. The molecule has 0 amide bonds. The van der Waals surface area contributed by atoms with Crippen LogP contribution in [0.25, 0.3) is 0 Å². The van der Waals surface area contributed by atoms with E-state index in [4.69, 9.17) is 15.3 Å². The molecule has 0 aliphatic rings. The number of hydrogen-bond acceptors (Lipinski definition) is 9. The number of aromatic nitrogens is 6. The van der Waals surface area contributed by atoms with Crippen molar-refractivity contribution in [2.75, 3.05) is 0 Å². The van der Waals surface area contributed by atoms with Gasteiger partial charge in [-0.3, -0.25) is 0 Å². The molecule has 3 heterocycles. The largest absolute Gasteiger partial charge is 0.708 e. The smallest absolute Gasteiger partial charge is 0.499 e. The topological polar surface area (TPSA) is 180 Å². The Balaban J connectivity index is 0.000000429. The Morgan fingerprint density at radius 3 is 1.00 bits per heavy atom. The van der Waals surface area contributed by atoms with Crippen LogP contribution in [0.3, 0.4) is 0 Å². The molecule has 0 fully saturated rings. The maximum absolute atomic E-state index is 10.5. The van der Waals surface area contributed by atoms with E-state index in [2.05, 4.69) is 15.0 Å². The maximum atomic E-state index is 10.5. The third-order valence-electron chi connectivity index (χ3n) is 3.62. The van der Waals surface area contributed by atoms with Crippen LogP contribution in [0.4, 0.5) is 0 Å². The van der Waals surface area contributed by atoms with Gasteiger partial charge in [0.15, 0.2) is 17.1 Å². The van der Waals surface area contributed by atoms with Crippen molar-refractivity contribution in [3.8, 4) is 18.0 Å². The molecule has 3 N–H and O–H groups in total. The zero-order valence-electron chi connectivity index (χ0n) is 17.2. The van der Waals surface area contributed by atoms with E-state index in [0.717, 1.165) is 0 Å². The molecule has 0 aliphatic carbocycles. The van der Waals surface area contributed by atoms with Crippen LogP contribution in [0.1, 0.15) is 37.9 Å². The van der Waals surface area contributed by atoms with Crippen LogP contribution in [-0.4, -0.2) is 30.3 Å². The van der Waals surface area contributed by atoms with Gasteiger partial charge in [0.05, 0.1) is 0 Å². The molecular weight excluding hydrogens is 452 g/mol. The molecule has 3 rings (SSSR count). The predicted octanol–water partition coefficient (Wildman–Crippen LogP) is -0.0535. The molecule has 0 radical (unpaired) electrons. The SMILES string of the molecule is CCc1cc[n+]([O-])c(O)n1.CCc1cc[n+]([O-])c(O)n1.CCc1cc[n+]([O-])c(O)n1.[Fe]. The Hall–Kier alpha value is -3.44. The van der Waals surface area contributed by atoms with Gasteiger partial charge in [0, 0.05) is 54.5 Å². The molecule has 0 unspecified atom stereocenters. The molecule has 0 aromatic carbocycles. The normalized spacial score (nSPS) is 9.39. The molecule has 0 aliphatic heterocycles. The monoisotopic (exact) mass is 476 g/mol. The zero-order chi connectivity index (χ0) is 22.7. The Kier molecular flexibility index (Phi) is 12.2. The third kappa shape index (κ3) is 9.28. The quantitative estimate of drug-likeness (QED) is 0.265. The van der Waals surface area contributed by atoms with E-state index in [1.54, 1.807) is 18.2 Å². The summed E-state index contributed by atoms with van der Waals surface area (Å²) in [6.45, 7) is 5.70. The van der Waals surface area contributed by atoms with Crippen LogP contribution < -0.4 is 14.2 Å². The summed E-state index contributed by atoms with van der Waals surface area (Å²) in [5.74, 6) is 0. The van der Waals surface area contributed by atoms with Crippen molar-refractivity contribution >= 4 is 0 Å². The number of hydrogen-bond donors (Lipinski definition) is 3. The molecule has 13 heteroatoms. The van der Waals surface area contributed by atoms with Crippen LogP contribution in [0.15, 0.2) is 36.8 Å². The zero-order valence-corrected chi connectivity index (χ0v) is 18.3. The second-order valence-corrected chi connectivity index (χ2v) is 5.69. The van der Waals surface area contributed by atoms with Crippen LogP contribution in [0.2, 0.25) is 0 Å². The molecule has 0 saturated carbocycles. The Labute approximate surface area is 189 Å². The first-order valence-corrected chi connectivity index (χ1v) is 9.05. The van der Waals surface area contributed by atoms with Crippen LogP contribution in [0.5, 0.6) is 18.0 Å². The van der Waals surface area contributed by atoms with Crippen molar-refractivity contribution in [2.45, 2.75) is 40.0 Å². The Morgan fingerprint density at radius 2 is 0.839 bits per heavy atom. The van der Waals surface area contributed by atoms with Crippen molar-refractivity contribution in [3.05, 3.63) is 69.5 Å². The molecule has 3 aromatic heterocycles. The van der Waals surface area contributed by atoms with Gasteiger partial charge in [0.25, 0.3) is 0 Å². The second kappa shape index (κ2) is 13.7. The summed E-state index contributed by atoms with van der Waals surface area (Å²) in [5, 5.41) is 57.8. The molecule has 0 saturated heterocycles. The molecule has 3 aromatic rings. The maximum Gasteiger partial charge on any atom is 0.499 e. The van der Waals surface area contributed by atoms with Crippen molar-refractivity contribution < 1.29 is 46.6 Å². The van der Waals surface area contributed by atoms with Crippen LogP contribution in [-0.2, 0) is 36.3 Å². The number of nitrogens with zero attached hydrogens (tertiary/aromatic N) is 6. The van der Waals surface area contributed by atoms with Crippen LogP contribution >= 0.6 is 0 Å². The fourth-order valence-corrected chi connectivity index (χ4v) is 1.90. The van der Waals surface area contributed by atoms with E-state index in [1.165, 1.54) is 18.6 Å².